The molecule has 0 atom stereocenters. The largest absolute Gasteiger partial charge is 0.495 e. The number of aliphatic carboxylic acids is 1. The molecule has 2 rings (SSSR count). The van der Waals surface area contributed by atoms with Gasteiger partial charge in [0, 0.05) is 17.6 Å². The summed E-state index contributed by atoms with van der Waals surface area (Å²) in [5.41, 5.74) is 0.542. The van der Waals surface area contributed by atoms with Crippen LogP contribution in [0.3, 0.4) is 0 Å². The Bertz CT molecular complexity index is 514. The molecule has 0 aromatic heterocycles. The number of carboxylic acids is 1. The van der Waals surface area contributed by atoms with Gasteiger partial charge in [-0.05, 0) is 18.2 Å². The van der Waals surface area contributed by atoms with Gasteiger partial charge in [0.25, 0.3) is 0 Å². The van der Waals surface area contributed by atoms with Crippen LogP contribution in [0.15, 0.2) is 22.7 Å². The van der Waals surface area contributed by atoms with Crippen LogP contribution in [0.5, 0.6) is 5.75 Å². The zero-order chi connectivity index (χ0) is 14.0. The summed E-state index contributed by atoms with van der Waals surface area (Å²) < 4.78 is 5.96. The number of carboxylic acid groups (broad SMARTS) is 1. The van der Waals surface area contributed by atoms with Gasteiger partial charge >= 0.3 is 12.0 Å². The highest BCUT2D eigenvalue weighted by Crippen LogP contribution is 2.28. The molecule has 2 N–H and O–H groups in total. The van der Waals surface area contributed by atoms with E-state index in [1.54, 1.807) is 18.2 Å². The van der Waals surface area contributed by atoms with Crippen LogP contribution in [0, 0.1) is 5.92 Å². The number of amides is 2. The molecule has 0 unspecified atom stereocenters. The molecule has 1 aromatic carbocycles. The molecular weight excluding hydrogens is 316 g/mol. The van der Waals surface area contributed by atoms with E-state index in [1.165, 1.54) is 12.0 Å². The topological polar surface area (TPSA) is 78.9 Å². The molecule has 6 nitrogen and oxygen atoms in total. The van der Waals surface area contributed by atoms with Crippen LogP contribution in [0.2, 0.25) is 0 Å². The predicted octanol–water partition coefficient (Wildman–Crippen LogP) is 2.01. The molecule has 0 bridgehead atoms. The molecule has 1 aromatic rings. The Kier molecular flexibility index (Phi) is 3.94. The van der Waals surface area contributed by atoms with E-state index in [-0.39, 0.29) is 19.1 Å². The third-order valence-corrected chi connectivity index (χ3v) is 3.41. The van der Waals surface area contributed by atoms with E-state index in [0.29, 0.717) is 11.4 Å². The lowest BCUT2D eigenvalue weighted by atomic mass is 10.0. The van der Waals surface area contributed by atoms with Crippen molar-refractivity contribution in [2.75, 3.05) is 25.5 Å². The maximum Gasteiger partial charge on any atom is 0.321 e. The summed E-state index contributed by atoms with van der Waals surface area (Å²) in [7, 11) is 1.52. The van der Waals surface area contributed by atoms with Crippen molar-refractivity contribution in [2.24, 2.45) is 5.92 Å². The number of benzene rings is 1. The average molecular weight is 329 g/mol. The van der Waals surface area contributed by atoms with Gasteiger partial charge in [-0.25, -0.2) is 4.79 Å². The fourth-order valence-corrected chi connectivity index (χ4v) is 2.13. The number of hydrogen-bond acceptors (Lipinski definition) is 3. The van der Waals surface area contributed by atoms with E-state index in [9.17, 15) is 9.59 Å². The van der Waals surface area contributed by atoms with E-state index in [0.717, 1.165) is 4.47 Å². The molecule has 0 aliphatic carbocycles. The minimum Gasteiger partial charge on any atom is -0.495 e. The van der Waals surface area contributed by atoms with Crippen molar-refractivity contribution >= 4 is 33.6 Å². The molecule has 102 valence electrons. The van der Waals surface area contributed by atoms with Crippen LogP contribution >= 0.6 is 15.9 Å². The average Bonchev–Trinajstić information content (AvgIpc) is 2.26. The van der Waals surface area contributed by atoms with Crippen molar-refractivity contribution in [3.05, 3.63) is 22.7 Å². The van der Waals surface area contributed by atoms with Crippen LogP contribution < -0.4 is 10.1 Å². The molecule has 1 saturated heterocycles. The Morgan fingerprint density at radius 3 is 2.74 bits per heavy atom. The van der Waals surface area contributed by atoms with Gasteiger partial charge in [-0.2, -0.15) is 0 Å². The third kappa shape index (κ3) is 2.98. The zero-order valence-corrected chi connectivity index (χ0v) is 11.8. The highest BCUT2D eigenvalue weighted by atomic mass is 79.9. The molecule has 1 aliphatic rings. The van der Waals surface area contributed by atoms with E-state index in [2.05, 4.69) is 21.2 Å². The van der Waals surface area contributed by atoms with Crippen molar-refractivity contribution in [1.82, 2.24) is 4.90 Å². The number of methoxy groups -OCH3 is 1. The highest BCUT2D eigenvalue weighted by Gasteiger charge is 2.35. The number of ether oxygens (including phenoxy) is 1. The van der Waals surface area contributed by atoms with Gasteiger partial charge < -0.3 is 20.1 Å². The number of nitrogens with one attached hydrogen (secondary N) is 1. The maximum absolute atomic E-state index is 11.9. The normalized spacial score (nSPS) is 14.7. The molecule has 0 saturated carbocycles. The molecule has 0 spiro atoms. The van der Waals surface area contributed by atoms with Crippen molar-refractivity contribution in [2.45, 2.75) is 0 Å². The first-order valence-corrected chi connectivity index (χ1v) is 6.43. The van der Waals surface area contributed by atoms with Crippen molar-refractivity contribution in [3.63, 3.8) is 0 Å². The lowest BCUT2D eigenvalue weighted by Gasteiger charge is -2.36. The second kappa shape index (κ2) is 5.48. The van der Waals surface area contributed by atoms with Gasteiger partial charge in [0.05, 0.1) is 18.7 Å². The first-order valence-electron chi connectivity index (χ1n) is 5.63. The number of nitrogens with zero attached hydrogens (tertiary/aromatic N) is 1. The Hall–Kier alpha value is -1.76. The molecule has 1 fully saturated rings. The van der Waals surface area contributed by atoms with E-state index >= 15 is 0 Å². The molecule has 7 heteroatoms. The van der Waals surface area contributed by atoms with Gasteiger partial charge in [-0.15, -0.1) is 0 Å². The maximum atomic E-state index is 11.9. The number of likely N-dealkylation sites (tertiary alicyclic amines) is 1. The van der Waals surface area contributed by atoms with Crippen molar-refractivity contribution in [1.29, 1.82) is 0 Å². The summed E-state index contributed by atoms with van der Waals surface area (Å²) in [5, 5.41) is 11.5. The van der Waals surface area contributed by atoms with Gasteiger partial charge in [0.1, 0.15) is 5.75 Å². The Balaban J connectivity index is 2.00. The second-order valence-electron chi connectivity index (χ2n) is 4.21. The summed E-state index contributed by atoms with van der Waals surface area (Å²) in [6.45, 7) is 0.467. The predicted molar refractivity (Wildman–Crippen MR) is 72.4 cm³/mol. The number of halogens is 1. The van der Waals surface area contributed by atoms with Gasteiger partial charge in [-0.3, -0.25) is 4.79 Å². The Morgan fingerprint density at radius 1 is 1.47 bits per heavy atom. The molecule has 0 radical (unpaired) electrons. The summed E-state index contributed by atoms with van der Waals surface area (Å²) in [5.74, 6) is -0.786. The summed E-state index contributed by atoms with van der Waals surface area (Å²) >= 11 is 3.31. The lowest BCUT2D eigenvalue weighted by molar-refractivity contribution is -0.145. The van der Waals surface area contributed by atoms with Gasteiger partial charge in [0.15, 0.2) is 0 Å². The first-order chi connectivity index (χ1) is 9.01. The fraction of sp³-hybridized carbons (Fsp3) is 0.333. The Morgan fingerprint density at radius 2 is 2.16 bits per heavy atom. The fourth-order valence-electron chi connectivity index (χ4n) is 1.77. The van der Waals surface area contributed by atoms with E-state index < -0.39 is 11.9 Å². The third-order valence-electron chi connectivity index (χ3n) is 2.92. The number of rotatable bonds is 3. The summed E-state index contributed by atoms with van der Waals surface area (Å²) in [4.78, 5) is 24.0. The van der Waals surface area contributed by atoms with Crippen LogP contribution in [0.1, 0.15) is 0 Å². The van der Waals surface area contributed by atoms with Crippen LogP contribution in [-0.4, -0.2) is 42.2 Å². The van der Waals surface area contributed by atoms with Crippen LogP contribution in [0.4, 0.5) is 10.5 Å². The lowest BCUT2D eigenvalue weighted by Crippen LogP contribution is -2.54. The molecule has 2 amide bonds. The number of hydrogen-bond donors (Lipinski definition) is 2. The van der Waals surface area contributed by atoms with Crippen molar-refractivity contribution in [3.8, 4) is 5.75 Å². The summed E-state index contributed by atoms with van der Waals surface area (Å²) in [6, 6.07) is 4.94. The van der Waals surface area contributed by atoms with E-state index in [1.807, 2.05) is 0 Å². The second-order valence-corrected chi connectivity index (χ2v) is 5.13. The van der Waals surface area contributed by atoms with E-state index in [4.69, 9.17) is 9.84 Å². The van der Waals surface area contributed by atoms with Gasteiger partial charge in [0.2, 0.25) is 0 Å². The number of anilines is 1. The standard InChI is InChI=1S/C12H13BrN2O4/c1-19-10-3-2-8(13)4-9(10)14-12(18)15-5-7(6-15)11(16)17/h2-4,7H,5-6H2,1H3,(H,14,18)(H,16,17). The molecule has 1 aliphatic heterocycles. The number of carbonyl (C=O) groups excluding carboxylic acids is 1. The monoisotopic (exact) mass is 328 g/mol. The highest BCUT2D eigenvalue weighted by molar-refractivity contribution is 9.10. The number of carbonyl (C=O) groups is 2. The van der Waals surface area contributed by atoms with Crippen LogP contribution in [-0.2, 0) is 4.79 Å². The summed E-state index contributed by atoms with van der Waals surface area (Å²) in [6.07, 6.45) is 0. The van der Waals surface area contributed by atoms with Gasteiger partial charge in [-0.1, -0.05) is 15.9 Å². The SMILES string of the molecule is COc1ccc(Br)cc1NC(=O)N1CC(C(=O)O)C1. The minimum atomic E-state index is -0.871. The minimum absolute atomic E-state index is 0.234. The van der Waals surface area contributed by atoms with Crippen LogP contribution in [0.25, 0.3) is 0 Å². The van der Waals surface area contributed by atoms with Crippen molar-refractivity contribution < 1.29 is 19.4 Å². The molecular formula is C12H13BrN2O4. The smallest absolute Gasteiger partial charge is 0.321 e. The molecule has 1 heterocycles. The molecule has 19 heavy (non-hydrogen) atoms. The first kappa shape index (κ1) is 13.7. The Labute approximate surface area is 118 Å². The zero-order valence-electron chi connectivity index (χ0n) is 10.2. The quantitative estimate of drug-likeness (QED) is 0.889. The number of urea groups is 1.